The first-order chi connectivity index (χ1) is 14.3. The predicted molar refractivity (Wildman–Crippen MR) is 119 cm³/mol. The van der Waals surface area contributed by atoms with Gasteiger partial charge in [-0.05, 0) is 71.6 Å². The van der Waals surface area contributed by atoms with Crippen molar-refractivity contribution in [1.82, 2.24) is 9.97 Å². The molecule has 0 aliphatic heterocycles. The average molecular weight is 410 g/mol. The van der Waals surface area contributed by atoms with Crippen molar-refractivity contribution in [2.75, 3.05) is 5.73 Å². The molecule has 1 fully saturated rings. The molecule has 4 N–H and O–H groups in total. The predicted octanol–water partition coefficient (Wildman–Crippen LogP) is 3.79. The highest BCUT2D eigenvalue weighted by Gasteiger charge is 2.41. The first-order valence-electron chi connectivity index (χ1n) is 10.7. The summed E-state index contributed by atoms with van der Waals surface area (Å²) in [5, 5.41) is 4.55. The zero-order valence-corrected chi connectivity index (χ0v) is 18.2. The number of nitrogens with two attached hydrogens (primary N) is 2. The molecule has 7 nitrogen and oxygen atoms in total. The molecule has 0 unspecified atom stereocenters. The van der Waals surface area contributed by atoms with Gasteiger partial charge in [-0.25, -0.2) is 9.97 Å². The Morgan fingerprint density at radius 2 is 1.83 bits per heavy atom. The largest absolute Gasteiger partial charge is 0.490 e. The second-order valence-electron chi connectivity index (χ2n) is 9.06. The van der Waals surface area contributed by atoms with Gasteiger partial charge in [-0.1, -0.05) is 5.16 Å². The fourth-order valence-electron chi connectivity index (χ4n) is 4.39. The minimum absolute atomic E-state index is 0.0339. The average Bonchev–Trinajstić information content (AvgIpc) is 2.69. The van der Waals surface area contributed by atoms with Gasteiger partial charge >= 0.3 is 0 Å². The van der Waals surface area contributed by atoms with Gasteiger partial charge in [0.05, 0.1) is 17.5 Å². The molecule has 1 saturated carbocycles. The lowest BCUT2D eigenvalue weighted by atomic mass is 9.70. The van der Waals surface area contributed by atoms with Gasteiger partial charge in [0.25, 0.3) is 0 Å². The number of hydrogen-bond donors (Lipinski definition) is 2. The Hall–Kier alpha value is -2.67. The number of nitrogen functional groups attached to an aromatic ring is 1. The first kappa shape index (κ1) is 20.6. The fraction of sp³-hybridized carbons (Fsp3) is 0.522. The molecule has 30 heavy (non-hydrogen) atoms. The van der Waals surface area contributed by atoms with E-state index < -0.39 is 5.41 Å². The molecule has 2 aliphatic rings. The van der Waals surface area contributed by atoms with Crippen LogP contribution in [0, 0.1) is 0 Å². The lowest BCUT2D eigenvalue weighted by molar-refractivity contribution is 0.0847. The van der Waals surface area contributed by atoms with Crippen LogP contribution in [0.2, 0.25) is 0 Å². The standard InChI is InChI=1S/C23H31N5O2/c1-13(2)30-28-21-18-11-16(29-15-7-5-14(24)6-8-15)9-10-17(18)20-19(23(21,3)4)22(25)27-12-26-20/h9-15H,5-8,24H2,1-4H3,(H2,25,26,27)/b28-21+. The number of nitrogens with zero attached hydrogens (tertiary/aromatic N) is 3. The normalized spacial score (nSPS) is 23.7. The van der Waals surface area contributed by atoms with Gasteiger partial charge in [-0.15, -0.1) is 0 Å². The first-order valence-corrected chi connectivity index (χ1v) is 10.7. The molecule has 1 aromatic carbocycles. The summed E-state index contributed by atoms with van der Waals surface area (Å²) in [4.78, 5) is 14.5. The number of oxime groups is 1. The minimum atomic E-state index is -0.515. The lowest BCUT2D eigenvalue weighted by Gasteiger charge is -2.35. The molecule has 1 aromatic heterocycles. The van der Waals surface area contributed by atoms with Gasteiger partial charge in [-0.3, -0.25) is 0 Å². The van der Waals surface area contributed by atoms with Gasteiger partial charge in [-0.2, -0.15) is 0 Å². The number of ether oxygens (including phenoxy) is 1. The van der Waals surface area contributed by atoms with E-state index >= 15 is 0 Å². The van der Waals surface area contributed by atoms with Crippen LogP contribution in [0.4, 0.5) is 5.82 Å². The molecule has 1 heterocycles. The van der Waals surface area contributed by atoms with Crippen LogP contribution in [0.15, 0.2) is 29.7 Å². The molecule has 2 aliphatic carbocycles. The van der Waals surface area contributed by atoms with Gasteiger partial charge in [0.15, 0.2) is 0 Å². The number of fused-ring (bicyclic) bond motifs is 3. The van der Waals surface area contributed by atoms with Crippen LogP contribution in [0.3, 0.4) is 0 Å². The van der Waals surface area contributed by atoms with E-state index in [9.17, 15) is 0 Å². The zero-order chi connectivity index (χ0) is 21.5. The van der Waals surface area contributed by atoms with Crippen LogP contribution < -0.4 is 16.2 Å². The molecule has 0 radical (unpaired) electrons. The van der Waals surface area contributed by atoms with Crippen LogP contribution >= 0.6 is 0 Å². The third-order valence-electron chi connectivity index (χ3n) is 5.97. The van der Waals surface area contributed by atoms with E-state index in [4.69, 9.17) is 21.0 Å². The van der Waals surface area contributed by atoms with Gasteiger partial charge in [0, 0.05) is 28.1 Å². The van der Waals surface area contributed by atoms with Gasteiger partial charge < -0.3 is 21.0 Å². The molecule has 160 valence electrons. The van der Waals surface area contributed by atoms with Crippen molar-refractivity contribution < 1.29 is 9.57 Å². The lowest BCUT2D eigenvalue weighted by Crippen LogP contribution is -2.36. The van der Waals surface area contributed by atoms with E-state index in [1.54, 1.807) is 0 Å². The van der Waals surface area contributed by atoms with Crippen molar-refractivity contribution >= 4 is 11.5 Å². The van der Waals surface area contributed by atoms with Crippen LogP contribution in [-0.2, 0) is 10.3 Å². The molecule has 2 aromatic rings. The van der Waals surface area contributed by atoms with E-state index in [0.717, 1.165) is 59.5 Å². The fourth-order valence-corrected chi connectivity index (χ4v) is 4.39. The van der Waals surface area contributed by atoms with Crippen LogP contribution in [0.1, 0.15) is 64.5 Å². The topological polar surface area (TPSA) is 109 Å². The monoisotopic (exact) mass is 409 g/mol. The van der Waals surface area contributed by atoms with E-state index in [-0.39, 0.29) is 12.2 Å². The third kappa shape index (κ3) is 3.74. The summed E-state index contributed by atoms with van der Waals surface area (Å²) in [7, 11) is 0. The summed E-state index contributed by atoms with van der Waals surface area (Å²) < 4.78 is 6.31. The second kappa shape index (κ2) is 7.87. The quantitative estimate of drug-likeness (QED) is 0.744. The van der Waals surface area contributed by atoms with Gasteiger partial charge in [0.1, 0.15) is 24.0 Å². The van der Waals surface area contributed by atoms with E-state index in [0.29, 0.717) is 11.9 Å². The van der Waals surface area contributed by atoms with Crippen LogP contribution in [0.25, 0.3) is 11.3 Å². The van der Waals surface area contributed by atoms with Gasteiger partial charge in [0.2, 0.25) is 0 Å². The number of aromatic nitrogens is 2. The Morgan fingerprint density at radius 1 is 1.10 bits per heavy atom. The molecule has 0 saturated heterocycles. The molecule has 4 rings (SSSR count). The molecular weight excluding hydrogens is 378 g/mol. The number of rotatable bonds is 4. The van der Waals surface area contributed by atoms with Crippen molar-refractivity contribution in [2.24, 2.45) is 10.9 Å². The summed E-state index contributed by atoms with van der Waals surface area (Å²) in [6.07, 6.45) is 5.63. The highest BCUT2D eigenvalue weighted by atomic mass is 16.6. The van der Waals surface area contributed by atoms with E-state index in [1.807, 2.05) is 26.0 Å². The molecule has 0 amide bonds. The maximum Gasteiger partial charge on any atom is 0.131 e. The Labute approximate surface area is 177 Å². The molecule has 0 atom stereocenters. The summed E-state index contributed by atoms with van der Waals surface area (Å²) >= 11 is 0. The molecule has 0 spiro atoms. The van der Waals surface area contributed by atoms with Crippen molar-refractivity contribution in [1.29, 1.82) is 0 Å². The van der Waals surface area contributed by atoms with Crippen LogP contribution in [0.5, 0.6) is 5.75 Å². The second-order valence-corrected chi connectivity index (χ2v) is 9.06. The maximum atomic E-state index is 6.31. The van der Waals surface area contributed by atoms with Crippen molar-refractivity contribution in [3.8, 4) is 17.0 Å². The highest BCUT2D eigenvalue weighted by Crippen LogP contribution is 2.45. The molecule has 7 heteroatoms. The maximum absolute atomic E-state index is 6.31. The Balaban J connectivity index is 1.78. The Kier molecular flexibility index (Phi) is 5.40. The van der Waals surface area contributed by atoms with Crippen molar-refractivity contribution in [3.63, 3.8) is 0 Å². The van der Waals surface area contributed by atoms with Crippen molar-refractivity contribution in [3.05, 3.63) is 35.7 Å². The third-order valence-corrected chi connectivity index (χ3v) is 5.97. The zero-order valence-electron chi connectivity index (χ0n) is 18.2. The molecular formula is C23H31N5O2. The summed E-state index contributed by atoms with van der Waals surface area (Å²) in [6, 6.07) is 6.37. The van der Waals surface area contributed by atoms with E-state index in [1.165, 1.54) is 6.33 Å². The summed E-state index contributed by atoms with van der Waals surface area (Å²) in [5.41, 5.74) is 16.2. The molecule has 0 bridgehead atoms. The smallest absolute Gasteiger partial charge is 0.131 e. The van der Waals surface area contributed by atoms with E-state index in [2.05, 4.69) is 35.0 Å². The minimum Gasteiger partial charge on any atom is -0.490 e. The summed E-state index contributed by atoms with van der Waals surface area (Å²) in [6.45, 7) is 8.07. The SMILES string of the molecule is CC(C)O/N=C1\c2cc(OC3CCC(N)CC3)ccc2-c2ncnc(N)c2C1(C)C. The van der Waals surface area contributed by atoms with Crippen LogP contribution in [-0.4, -0.2) is 33.9 Å². The Morgan fingerprint density at radius 3 is 2.53 bits per heavy atom. The Bertz CT molecular complexity index is 962. The number of hydrogen-bond acceptors (Lipinski definition) is 7. The summed E-state index contributed by atoms with van der Waals surface area (Å²) in [5.74, 6) is 1.29. The van der Waals surface area contributed by atoms with Crippen molar-refractivity contribution in [2.45, 2.75) is 77.0 Å². The number of benzene rings is 1. The highest BCUT2D eigenvalue weighted by molar-refractivity contribution is 6.15. The number of anilines is 1.